The van der Waals surface area contributed by atoms with Gasteiger partial charge in [-0.15, -0.1) is 0 Å². The van der Waals surface area contributed by atoms with E-state index in [2.05, 4.69) is 5.10 Å². The first-order valence-corrected chi connectivity index (χ1v) is 11.3. The maximum absolute atomic E-state index is 14.3. The second kappa shape index (κ2) is 11.2. The summed E-state index contributed by atoms with van der Waals surface area (Å²) in [5, 5.41) is 13.4. The molecule has 0 aliphatic carbocycles. The second-order valence-electron chi connectivity index (χ2n) is 8.11. The molecule has 0 bridgehead atoms. The number of ether oxygens (including phenoxy) is 1. The SMILES string of the molecule is O=C(O)COc1ccc(F)c(CCCn2nc(C(c3ccccc3)c3ccccc3)ccc2=O)c1. The molecule has 6 nitrogen and oxygen atoms in total. The zero-order chi connectivity index (χ0) is 24.6. The number of rotatable bonds is 10. The highest BCUT2D eigenvalue weighted by Crippen LogP contribution is 2.30. The summed E-state index contributed by atoms with van der Waals surface area (Å²) < 4.78 is 20.8. The fourth-order valence-corrected chi connectivity index (χ4v) is 4.00. The number of hydrogen-bond acceptors (Lipinski definition) is 4. The van der Waals surface area contributed by atoms with Gasteiger partial charge in [0.1, 0.15) is 11.6 Å². The van der Waals surface area contributed by atoms with E-state index in [0.717, 1.165) is 16.8 Å². The van der Waals surface area contributed by atoms with Crippen LogP contribution < -0.4 is 10.3 Å². The van der Waals surface area contributed by atoms with E-state index >= 15 is 0 Å². The lowest BCUT2D eigenvalue weighted by molar-refractivity contribution is -0.139. The van der Waals surface area contributed by atoms with Gasteiger partial charge in [0.2, 0.25) is 0 Å². The molecule has 7 heteroatoms. The summed E-state index contributed by atoms with van der Waals surface area (Å²) in [5.41, 5.74) is 3.04. The Kier molecular flexibility index (Phi) is 7.67. The monoisotopic (exact) mass is 472 g/mol. The zero-order valence-corrected chi connectivity index (χ0v) is 19.0. The first-order valence-electron chi connectivity index (χ1n) is 11.3. The van der Waals surface area contributed by atoms with E-state index in [4.69, 9.17) is 9.84 Å². The molecule has 0 aliphatic heterocycles. The molecule has 1 aromatic heterocycles. The van der Waals surface area contributed by atoms with E-state index in [0.29, 0.717) is 24.9 Å². The smallest absolute Gasteiger partial charge is 0.341 e. The van der Waals surface area contributed by atoms with Gasteiger partial charge >= 0.3 is 5.97 Å². The number of carboxylic acids is 1. The van der Waals surface area contributed by atoms with Gasteiger partial charge in [-0.3, -0.25) is 4.79 Å². The molecule has 4 rings (SSSR count). The normalized spacial score (nSPS) is 10.9. The van der Waals surface area contributed by atoms with Gasteiger partial charge in [0.25, 0.3) is 5.56 Å². The number of carboxylic acid groups (broad SMARTS) is 1. The van der Waals surface area contributed by atoms with Gasteiger partial charge in [-0.2, -0.15) is 5.10 Å². The zero-order valence-electron chi connectivity index (χ0n) is 19.0. The average Bonchev–Trinajstić information content (AvgIpc) is 2.87. The molecule has 1 heterocycles. The van der Waals surface area contributed by atoms with Crippen LogP contribution in [0.3, 0.4) is 0 Å². The Balaban J connectivity index is 1.53. The van der Waals surface area contributed by atoms with Crippen LogP contribution in [-0.2, 0) is 17.8 Å². The molecular weight excluding hydrogens is 447 g/mol. The molecule has 0 saturated carbocycles. The van der Waals surface area contributed by atoms with Crippen molar-refractivity contribution in [1.29, 1.82) is 0 Å². The van der Waals surface area contributed by atoms with Gasteiger partial charge in [-0.05, 0) is 53.8 Å². The third kappa shape index (κ3) is 6.20. The molecule has 0 aliphatic rings. The topological polar surface area (TPSA) is 81.4 Å². The number of hydrogen-bond donors (Lipinski definition) is 1. The van der Waals surface area contributed by atoms with E-state index in [1.807, 2.05) is 60.7 Å². The van der Waals surface area contributed by atoms with Crippen LogP contribution >= 0.6 is 0 Å². The van der Waals surface area contributed by atoms with Crippen molar-refractivity contribution in [3.8, 4) is 5.75 Å². The molecule has 0 saturated heterocycles. The minimum absolute atomic E-state index is 0.134. The number of halogens is 1. The molecule has 178 valence electrons. The van der Waals surface area contributed by atoms with E-state index in [1.165, 1.54) is 28.9 Å². The first kappa shape index (κ1) is 23.9. The van der Waals surface area contributed by atoms with E-state index in [-0.39, 0.29) is 17.2 Å². The summed E-state index contributed by atoms with van der Waals surface area (Å²) in [7, 11) is 0. The fraction of sp³-hybridized carbons (Fsp3) is 0.179. The molecule has 0 radical (unpaired) electrons. The molecule has 35 heavy (non-hydrogen) atoms. The van der Waals surface area contributed by atoms with E-state index in [9.17, 15) is 14.0 Å². The minimum atomic E-state index is -1.11. The highest BCUT2D eigenvalue weighted by Gasteiger charge is 2.19. The lowest BCUT2D eigenvalue weighted by Crippen LogP contribution is -2.24. The molecular formula is C28H25FN2O4. The number of benzene rings is 3. The number of nitrogens with zero attached hydrogens (tertiary/aromatic N) is 2. The van der Waals surface area contributed by atoms with Crippen molar-refractivity contribution in [3.63, 3.8) is 0 Å². The highest BCUT2D eigenvalue weighted by molar-refractivity contribution is 5.68. The summed E-state index contributed by atoms with van der Waals surface area (Å²) in [6.45, 7) is -0.191. The molecule has 0 fully saturated rings. The largest absolute Gasteiger partial charge is 0.482 e. The minimum Gasteiger partial charge on any atom is -0.482 e. The van der Waals surface area contributed by atoms with Gasteiger partial charge in [0.05, 0.1) is 11.6 Å². The predicted molar refractivity (Wildman–Crippen MR) is 130 cm³/mol. The Morgan fingerprint density at radius 2 is 1.60 bits per heavy atom. The average molecular weight is 473 g/mol. The summed E-state index contributed by atoms with van der Waals surface area (Å²) in [4.78, 5) is 23.2. The predicted octanol–water partition coefficient (Wildman–Crippen LogP) is 4.66. The van der Waals surface area contributed by atoms with Gasteiger partial charge in [0.15, 0.2) is 6.61 Å². The van der Waals surface area contributed by atoms with E-state index < -0.39 is 18.4 Å². The Bertz CT molecular complexity index is 1300. The van der Waals surface area contributed by atoms with Crippen LogP contribution in [0.4, 0.5) is 4.39 Å². The Hall–Kier alpha value is -4.26. The van der Waals surface area contributed by atoms with Crippen LogP contribution in [0, 0.1) is 5.82 Å². The van der Waals surface area contributed by atoms with Gasteiger partial charge in [-0.1, -0.05) is 60.7 Å². The quantitative estimate of drug-likeness (QED) is 0.363. The van der Waals surface area contributed by atoms with Crippen LogP contribution in [0.25, 0.3) is 0 Å². The number of carbonyl (C=O) groups is 1. The summed E-state index contributed by atoms with van der Waals surface area (Å²) in [5.74, 6) is -1.36. The van der Waals surface area contributed by atoms with Crippen LogP contribution in [-0.4, -0.2) is 27.5 Å². The molecule has 0 spiro atoms. The molecule has 3 aromatic carbocycles. The van der Waals surface area contributed by atoms with Crippen molar-refractivity contribution >= 4 is 5.97 Å². The third-order valence-electron chi connectivity index (χ3n) is 5.64. The van der Waals surface area contributed by atoms with Crippen LogP contribution in [0.5, 0.6) is 5.75 Å². The summed E-state index contributed by atoms with van der Waals surface area (Å²) >= 11 is 0. The second-order valence-corrected chi connectivity index (χ2v) is 8.11. The number of aryl methyl sites for hydroxylation is 2. The lowest BCUT2D eigenvalue weighted by Gasteiger charge is -2.18. The molecule has 0 atom stereocenters. The standard InChI is InChI=1S/C28H25FN2O4/c29-24-14-13-23(35-19-27(33)34)18-22(24)12-7-17-31-26(32)16-15-25(30-31)28(20-8-3-1-4-9-20)21-10-5-2-6-11-21/h1-6,8-11,13-16,18,28H,7,12,17,19H2,(H,33,34). The van der Waals surface area contributed by atoms with Crippen molar-refractivity contribution < 1.29 is 19.0 Å². The maximum atomic E-state index is 14.3. The van der Waals surface area contributed by atoms with Crippen molar-refractivity contribution in [2.24, 2.45) is 0 Å². The van der Waals surface area contributed by atoms with Gasteiger partial charge < -0.3 is 9.84 Å². The number of aliphatic carboxylic acids is 1. The number of aromatic nitrogens is 2. The fourth-order valence-electron chi connectivity index (χ4n) is 4.00. The first-order chi connectivity index (χ1) is 17.0. The Labute approximate surface area is 202 Å². The van der Waals surface area contributed by atoms with Crippen molar-refractivity contribution in [2.75, 3.05) is 6.61 Å². The maximum Gasteiger partial charge on any atom is 0.341 e. The molecule has 1 N–H and O–H groups in total. The Morgan fingerprint density at radius 3 is 2.23 bits per heavy atom. The molecule has 0 unspecified atom stereocenters. The van der Waals surface area contributed by atoms with Crippen LogP contribution in [0.15, 0.2) is 95.8 Å². The summed E-state index contributed by atoms with van der Waals surface area (Å²) in [6, 6.07) is 27.4. The lowest BCUT2D eigenvalue weighted by atomic mass is 9.88. The van der Waals surface area contributed by atoms with Crippen molar-refractivity contribution in [2.45, 2.75) is 25.3 Å². The third-order valence-corrected chi connectivity index (χ3v) is 5.64. The molecule has 4 aromatic rings. The van der Waals surface area contributed by atoms with Gasteiger partial charge in [0, 0.05) is 12.6 Å². The van der Waals surface area contributed by atoms with Crippen molar-refractivity contribution in [1.82, 2.24) is 9.78 Å². The summed E-state index contributed by atoms with van der Waals surface area (Å²) in [6.07, 6.45) is 0.812. The Morgan fingerprint density at radius 1 is 0.943 bits per heavy atom. The van der Waals surface area contributed by atoms with Gasteiger partial charge in [-0.25, -0.2) is 13.9 Å². The van der Waals surface area contributed by atoms with Crippen LogP contribution in [0.1, 0.15) is 34.7 Å². The van der Waals surface area contributed by atoms with E-state index in [1.54, 1.807) is 6.07 Å². The van der Waals surface area contributed by atoms with Crippen molar-refractivity contribution in [3.05, 3.63) is 130 Å². The van der Waals surface area contributed by atoms with Crippen LogP contribution in [0.2, 0.25) is 0 Å². The highest BCUT2D eigenvalue weighted by atomic mass is 19.1. The molecule has 0 amide bonds.